The van der Waals surface area contributed by atoms with Gasteiger partial charge in [-0.25, -0.2) is 13.6 Å². The molecule has 2 rings (SSSR count). The van der Waals surface area contributed by atoms with E-state index in [1.54, 1.807) is 13.0 Å². The van der Waals surface area contributed by atoms with Crippen LogP contribution in [0.5, 0.6) is 5.75 Å². The average Bonchev–Trinajstić information content (AvgIpc) is 3.10. The quantitative estimate of drug-likeness (QED) is 0.899. The van der Waals surface area contributed by atoms with Gasteiger partial charge in [-0.05, 0) is 49.9 Å². The van der Waals surface area contributed by atoms with E-state index in [1.807, 2.05) is 6.92 Å². The summed E-state index contributed by atoms with van der Waals surface area (Å²) in [7, 11) is -3.71. The number of nitrogens with zero attached hydrogens (tertiary/aromatic N) is 1. The van der Waals surface area contributed by atoms with Crippen LogP contribution in [-0.2, 0) is 10.0 Å². The molecule has 0 saturated heterocycles. The van der Waals surface area contributed by atoms with Crippen molar-refractivity contribution in [3.63, 3.8) is 0 Å². The van der Waals surface area contributed by atoms with E-state index in [9.17, 15) is 8.42 Å². The minimum Gasteiger partial charge on any atom is -0.493 e. The van der Waals surface area contributed by atoms with Crippen LogP contribution < -0.4 is 9.88 Å². The molecule has 0 amide bonds. The van der Waals surface area contributed by atoms with Crippen LogP contribution >= 0.6 is 0 Å². The number of ether oxygens (including phenoxy) is 1. The minimum atomic E-state index is -3.71. The maximum atomic E-state index is 11.4. The fraction of sp³-hybridized carbons (Fsp3) is 0.500. The van der Waals surface area contributed by atoms with Gasteiger partial charge < -0.3 is 4.74 Å². The molecule has 0 unspecified atom stereocenters. The predicted octanol–water partition coefficient (Wildman–Crippen LogP) is 2.02. The van der Waals surface area contributed by atoms with Crippen LogP contribution in [0.1, 0.15) is 30.4 Å². The number of benzene rings is 1. The van der Waals surface area contributed by atoms with Gasteiger partial charge in [0.1, 0.15) is 5.75 Å². The van der Waals surface area contributed by atoms with Gasteiger partial charge in [0.15, 0.2) is 0 Å². The third-order valence-corrected chi connectivity index (χ3v) is 4.99. The maximum Gasteiger partial charge on any atom is 0.238 e. The molecule has 0 aromatic heterocycles. The third-order valence-electron chi connectivity index (χ3n) is 3.94. The number of rotatable bonds is 5. The largest absolute Gasteiger partial charge is 0.493 e. The Bertz CT molecular complexity index is 670. The van der Waals surface area contributed by atoms with Gasteiger partial charge in [0.05, 0.1) is 17.6 Å². The van der Waals surface area contributed by atoms with E-state index in [0.29, 0.717) is 24.3 Å². The Morgan fingerprint density at radius 3 is 2.50 bits per heavy atom. The Morgan fingerprint density at radius 2 is 2.00 bits per heavy atom. The number of nitrogens with two attached hydrogens (primary N) is 1. The van der Waals surface area contributed by atoms with Crippen molar-refractivity contribution < 1.29 is 13.2 Å². The molecule has 0 aliphatic heterocycles. The van der Waals surface area contributed by atoms with Gasteiger partial charge in [-0.2, -0.15) is 5.26 Å². The van der Waals surface area contributed by atoms with Crippen molar-refractivity contribution in [1.29, 1.82) is 5.26 Å². The number of sulfonamides is 1. The van der Waals surface area contributed by atoms with E-state index in [4.69, 9.17) is 15.1 Å². The molecule has 5 nitrogen and oxygen atoms in total. The lowest BCUT2D eigenvalue weighted by Gasteiger charge is -2.16. The van der Waals surface area contributed by atoms with Crippen molar-refractivity contribution in [2.75, 3.05) is 6.61 Å². The summed E-state index contributed by atoms with van der Waals surface area (Å²) in [6.07, 6.45) is 2.52. The molecule has 0 atom stereocenters. The van der Waals surface area contributed by atoms with Crippen molar-refractivity contribution >= 4 is 10.0 Å². The summed E-state index contributed by atoms with van der Waals surface area (Å²) in [6, 6.07) is 5.28. The van der Waals surface area contributed by atoms with Crippen molar-refractivity contribution in [3.8, 4) is 11.8 Å². The van der Waals surface area contributed by atoms with E-state index < -0.39 is 10.0 Å². The summed E-state index contributed by atoms with van der Waals surface area (Å²) in [5.74, 6) is 0.652. The van der Waals surface area contributed by atoms with Crippen molar-refractivity contribution in [1.82, 2.24) is 0 Å². The fourth-order valence-electron chi connectivity index (χ4n) is 2.18. The first kappa shape index (κ1) is 14.8. The summed E-state index contributed by atoms with van der Waals surface area (Å²) in [6.45, 7) is 4.02. The lowest BCUT2D eigenvalue weighted by atomic mass is 10.1. The fourth-order valence-corrected chi connectivity index (χ4v) is 3.02. The van der Waals surface area contributed by atoms with Crippen molar-refractivity contribution in [2.24, 2.45) is 10.6 Å². The van der Waals surface area contributed by atoms with Crippen LogP contribution in [0.25, 0.3) is 0 Å². The van der Waals surface area contributed by atoms with Crippen LogP contribution in [0.4, 0.5) is 0 Å². The normalized spacial score (nSPS) is 16.5. The Balaban J connectivity index is 2.19. The first-order valence-electron chi connectivity index (χ1n) is 6.42. The molecule has 2 N–H and O–H groups in total. The molecule has 6 heteroatoms. The lowest BCUT2D eigenvalue weighted by Crippen LogP contribution is -2.16. The molecule has 1 aromatic rings. The maximum absolute atomic E-state index is 11.4. The van der Waals surface area contributed by atoms with E-state index in [2.05, 4.69) is 6.07 Å². The first-order chi connectivity index (χ1) is 9.29. The van der Waals surface area contributed by atoms with E-state index in [1.165, 1.54) is 6.07 Å². The van der Waals surface area contributed by atoms with Crippen LogP contribution in [0, 0.1) is 30.6 Å². The highest BCUT2D eigenvalue weighted by Crippen LogP contribution is 2.48. The zero-order chi connectivity index (χ0) is 15.0. The summed E-state index contributed by atoms with van der Waals surface area (Å²) in [5.41, 5.74) is 1.37. The van der Waals surface area contributed by atoms with Gasteiger partial charge in [-0.1, -0.05) is 0 Å². The van der Waals surface area contributed by atoms with Crippen LogP contribution in [0.3, 0.4) is 0 Å². The van der Waals surface area contributed by atoms with Crippen molar-refractivity contribution in [3.05, 3.63) is 23.3 Å². The molecule has 1 saturated carbocycles. The molecule has 1 aliphatic carbocycles. The van der Waals surface area contributed by atoms with Gasteiger partial charge in [-0.15, -0.1) is 0 Å². The van der Waals surface area contributed by atoms with Crippen LogP contribution in [0.15, 0.2) is 17.0 Å². The van der Waals surface area contributed by atoms with E-state index >= 15 is 0 Å². The standard InChI is InChI=1S/C14H18N2O3S/c1-10-11(2)13(20(16,17)18)4-3-12(10)19-9-14(5-6-14)7-8-15/h3-4H,5-7,9H2,1-2H3,(H2,16,17,18). The lowest BCUT2D eigenvalue weighted by molar-refractivity contribution is 0.235. The Kier molecular flexibility index (Phi) is 3.76. The van der Waals surface area contributed by atoms with E-state index in [-0.39, 0.29) is 10.3 Å². The monoisotopic (exact) mass is 294 g/mol. The molecular formula is C14H18N2O3S. The number of primary sulfonamides is 1. The highest BCUT2D eigenvalue weighted by atomic mass is 32.2. The summed E-state index contributed by atoms with van der Waals surface area (Å²) in [4.78, 5) is 0.125. The average molecular weight is 294 g/mol. The van der Waals surface area contributed by atoms with Crippen LogP contribution in [-0.4, -0.2) is 15.0 Å². The molecule has 20 heavy (non-hydrogen) atoms. The zero-order valence-corrected chi connectivity index (χ0v) is 12.5. The van der Waals surface area contributed by atoms with E-state index in [0.717, 1.165) is 18.4 Å². The molecule has 1 fully saturated rings. The first-order valence-corrected chi connectivity index (χ1v) is 7.96. The topological polar surface area (TPSA) is 93.2 Å². The summed E-state index contributed by atoms with van der Waals surface area (Å²) >= 11 is 0. The molecule has 108 valence electrons. The highest BCUT2D eigenvalue weighted by Gasteiger charge is 2.43. The zero-order valence-electron chi connectivity index (χ0n) is 11.6. The second-order valence-electron chi connectivity index (χ2n) is 5.48. The number of hydrogen-bond acceptors (Lipinski definition) is 4. The predicted molar refractivity (Wildman–Crippen MR) is 74.7 cm³/mol. The van der Waals surface area contributed by atoms with Gasteiger partial charge in [-0.3, -0.25) is 0 Å². The molecular weight excluding hydrogens is 276 g/mol. The highest BCUT2D eigenvalue weighted by molar-refractivity contribution is 7.89. The molecule has 0 spiro atoms. The molecule has 0 heterocycles. The van der Waals surface area contributed by atoms with Gasteiger partial charge in [0.25, 0.3) is 0 Å². The van der Waals surface area contributed by atoms with Crippen molar-refractivity contribution in [2.45, 2.75) is 38.0 Å². The van der Waals surface area contributed by atoms with Gasteiger partial charge >= 0.3 is 0 Å². The summed E-state index contributed by atoms with van der Waals surface area (Å²) < 4.78 is 28.6. The summed E-state index contributed by atoms with van der Waals surface area (Å²) in [5, 5.41) is 13.9. The number of nitriles is 1. The Labute approximate surface area is 119 Å². The van der Waals surface area contributed by atoms with Gasteiger partial charge in [0.2, 0.25) is 10.0 Å². The Hall–Kier alpha value is -1.58. The smallest absolute Gasteiger partial charge is 0.238 e. The third kappa shape index (κ3) is 2.94. The molecule has 0 bridgehead atoms. The van der Waals surface area contributed by atoms with Gasteiger partial charge in [0, 0.05) is 11.8 Å². The number of hydrogen-bond donors (Lipinski definition) is 1. The minimum absolute atomic E-state index is 0.00624. The SMILES string of the molecule is Cc1c(OCC2(CC#N)CC2)ccc(S(N)(=O)=O)c1C. The molecule has 1 aromatic carbocycles. The second-order valence-corrected chi connectivity index (χ2v) is 7.01. The molecule has 1 aliphatic rings. The van der Waals surface area contributed by atoms with Crippen LogP contribution in [0.2, 0.25) is 0 Å². The molecule has 0 radical (unpaired) electrons. The second kappa shape index (κ2) is 5.08. The Morgan fingerprint density at radius 1 is 1.35 bits per heavy atom.